The zero-order chi connectivity index (χ0) is 15.6. The van der Waals surface area contributed by atoms with Crippen LogP contribution in [0.3, 0.4) is 0 Å². The predicted octanol–water partition coefficient (Wildman–Crippen LogP) is 1.87. The summed E-state index contributed by atoms with van der Waals surface area (Å²) in [6.07, 6.45) is 0.544. The average molecular weight is 294 g/mol. The predicted molar refractivity (Wildman–Crippen MR) is 76.5 cm³/mol. The lowest BCUT2D eigenvalue weighted by molar-refractivity contribution is -0.142. The molecule has 114 valence electrons. The number of halogens is 1. The summed E-state index contributed by atoms with van der Waals surface area (Å²) >= 11 is 0. The van der Waals surface area contributed by atoms with Gasteiger partial charge < -0.3 is 10.4 Å². The summed E-state index contributed by atoms with van der Waals surface area (Å²) in [7, 11) is 0. The zero-order valence-corrected chi connectivity index (χ0v) is 12.1. The molecule has 1 amide bonds. The molecule has 2 atom stereocenters. The first-order valence-corrected chi connectivity index (χ1v) is 6.91. The lowest BCUT2D eigenvalue weighted by Crippen LogP contribution is -2.38. The lowest BCUT2D eigenvalue weighted by atomic mass is 10.0. The number of anilines is 1. The van der Waals surface area contributed by atoms with Crippen LogP contribution >= 0.6 is 0 Å². The summed E-state index contributed by atoms with van der Waals surface area (Å²) in [5, 5.41) is 11.7. The summed E-state index contributed by atoms with van der Waals surface area (Å²) in [5.41, 5.74) is 1.23. The molecule has 21 heavy (non-hydrogen) atoms. The van der Waals surface area contributed by atoms with E-state index in [-0.39, 0.29) is 18.5 Å². The van der Waals surface area contributed by atoms with Gasteiger partial charge in [-0.15, -0.1) is 0 Å². The topological polar surface area (TPSA) is 69.6 Å². The molecule has 0 aliphatic carbocycles. The molecule has 6 heteroatoms. The number of rotatable bonds is 4. The van der Waals surface area contributed by atoms with Gasteiger partial charge in [0.1, 0.15) is 5.82 Å². The first kappa shape index (κ1) is 15.4. The number of nitrogens with zero attached hydrogens (tertiary/aromatic N) is 1. The van der Waals surface area contributed by atoms with E-state index in [0.29, 0.717) is 18.7 Å². The molecule has 2 N–H and O–H groups in total. The summed E-state index contributed by atoms with van der Waals surface area (Å²) in [4.78, 5) is 24.9. The number of nitrogens with one attached hydrogen (secondary N) is 1. The Kier molecular flexibility index (Phi) is 4.57. The fourth-order valence-corrected chi connectivity index (χ4v) is 2.66. The number of hydrogen-bond donors (Lipinski definition) is 2. The molecule has 0 radical (unpaired) electrons. The molecule has 1 saturated heterocycles. The molecule has 1 fully saturated rings. The van der Waals surface area contributed by atoms with Gasteiger partial charge in [-0.2, -0.15) is 0 Å². The van der Waals surface area contributed by atoms with E-state index in [9.17, 15) is 14.0 Å². The van der Waals surface area contributed by atoms with Gasteiger partial charge in [0.2, 0.25) is 5.91 Å². The number of carbonyl (C=O) groups is 2. The molecule has 1 aromatic carbocycles. The van der Waals surface area contributed by atoms with Crippen LogP contribution in [0.15, 0.2) is 18.2 Å². The number of carboxylic acids is 1. The summed E-state index contributed by atoms with van der Waals surface area (Å²) in [6, 6.07) is 4.04. The van der Waals surface area contributed by atoms with E-state index in [2.05, 4.69) is 5.32 Å². The van der Waals surface area contributed by atoms with Crippen molar-refractivity contribution in [1.82, 2.24) is 4.90 Å². The molecule has 1 aliphatic rings. The minimum Gasteiger partial charge on any atom is -0.481 e. The van der Waals surface area contributed by atoms with Gasteiger partial charge >= 0.3 is 5.97 Å². The first-order valence-electron chi connectivity index (χ1n) is 6.91. The SMILES string of the molecule is Cc1ccc(F)cc1NC(=O)CN1CCC(C(=O)O)C1C. The Morgan fingerprint density at radius 2 is 2.19 bits per heavy atom. The van der Waals surface area contributed by atoms with E-state index < -0.39 is 17.7 Å². The Hall–Kier alpha value is -1.95. The van der Waals surface area contributed by atoms with Gasteiger partial charge in [0.25, 0.3) is 0 Å². The monoisotopic (exact) mass is 294 g/mol. The van der Waals surface area contributed by atoms with E-state index in [0.717, 1.165) is 5.56 Å². The molecule has 0 spiro atoms. The van der Waals surface area contributed by atoms with Crippen LogP contribution in [-0.4, -0.2) is 41.0 Å². The number of carbonyl (C=O) groups excluding carboxylic acids is 1. The first-order chi connectivity index (χ1) is 9.88. The van der Waals surface area contributed by atoms with Crippen molar-refractivity contribution < 1.29 is 19.1 Å². The van der Waals surface area contributed by atoms with E-state index in [1.165, 1.54) is 12.1 Å². The second-order valence-corrected chi connectivity index (χ2v) is 5.45. The van der Waals surface area contributed by atoms with Gasteiger partial charge in [0.15, 0.2) is 0 Å². The van der Waals surface area contributed by atoms with Gasteiger partial charge in [-0.1, -0.05) is 6.07 Å². The molecule has 2 unspecified atom stereocenters. The smallest absolute Gasteiger partial charge is 0.308 e. The van der Waals surface area contributed by atoms with Crippen LogP contribution in [0.1, 0.15) is 18.9 Å². The minimum atomic E-state index is -0.827. The third kappa shape index (κ3) is 3.58. The quantitative estimate of drug-likeness (QED) is 0.889. The number of carboxylic acid groups (broad SMARTS) is 1. The van der Waals surface area contributed by atoms with Crippen molar-refractivity contribution in [2.24, 2.45) is 5.92 Å². The van der Waals surface area contributed by atoms with Gasteiger partial charge in [0.05, 0.1) is 12.5 Å². The van der Waals surface area contributed by atoms with E-state index in [1.807, 2.05) is 11.8 Å². The van der Waals surface area contributed by atoms with Crippen molar-refractivity contribution in [3.8, 4) is 0 Å². The molecule has 0 aromatic heterocycles. The molecule has 1 heterocycles. The maximum atomic E-state index is 13.2. The highest BCUT2D eigenvalue weighted by Crippen LogP contribution is 2.24. The largest absolute Gasteiger partial charge is 0.481 e. The van der Waals surface area contributed by atoms with Crippen molar-refractivity contribution in [1.29, 1.82) is 0 Å². The highest BCUT2D eigenvalue weighted by Gasteiger charge is 2.36. The molecule has 1 aliphatic heterocycles. The third-order valence-electron chi connectivity index (χ3n) is 4.02. The molecule has 0 bridgehead atoms. The average Bonchev–Trinajstić information content (AvgIpc) is 2.75. The second-order valence-electron chi connectivity index (χ2n) is 5.45. The molecule has 5 nitrogen and oxygen atoms in total. The fourth-order valence-electron chi connectivity index (χ4n) is 2.66. The van der Waals surface area contributed by atoms with Crippen molar-refractivity contribution in [2.75, 3.05) is 18.4 Å². The molecular formula is C15H19FN2O3. The van der Waals surface area contributed by atoms with E-state index in [4.69, 9.17) is 5.11 Å². The standard InChI is InChI=1S/C15H19FN2O3/c1-9-3-4-11(16)7-13(9)17-14(19)8-18-6-5-12(10(18)2)15(20)21/h3-4,7,10,12H,5-6,8H2,1-2H3,(H,17,19)(H,20,21). The number of aryl methyl sites for hydroxylation is 1. The number of aliphatic carboxylic acids is 1. The normalized spacial score (nSPS) is 22.2. The number of likely N-dealkylation sites (tertiary alicyclic amines) is 1. The summed E-state index contributed by atoms with van der Waals surface area (Å²) in [6.45, 7) is 4.29. The number of amides is 1. The Morgan fingerprint density at radius 3 is 2.81 bits per heavy atom. The molecule has 0 saturated carbocycles. The van der Waals surface area contributed by atoms with Crippen molar-refractivity contribution in [2.45, 2.75) is 26.3 Å². The fraction of sp³-hybridized carbons (Fsp3) is 0.467. The van der Waals surface area contributed by atoms with E-state index >= 15 is 0 Å². The zero-order valence-electron chi connectivity index (χ0n) is 12.1. The van der Waals surface area contributed by atoms with Gasteiger partial charge in [-0.25, -0.2) is 4.39 Å². The highest BCUT2D eigenvalue weighted by molar-refractivity contribution is 5.93. The highest BCUT2D eigenvalue weighted by atomic mass is 19.1. The van der Waals surface area contributed by atoms with Gasteiger partial charge in [-0.05, 0) is 44.5 Å². The Balaban J connectivity index is 1.96. The van der Waals surface area contributed by atoms with Crippen LogP contribution < -0.4 is 5.32 Å². The Morgan fingerprint density at radius 1 is 1.48 bits per heavy atom. The van der Waals surface area contributed by atoms with Crippen LogP contribution in [0.2, 0.25) is 0 Å². The molecule has 2 rings (SSSR count). The van der Waals surface area contributed by atoms with Crippen molar-refractivity contribution >= 4 is 17.6 Å². The van der Waals surface area contributed by atoms with Crippen LogP contribution in [0.5, 0.6) is 0 Å². The Labute approximate surface area is 122 Å². The number of hydrogen-bond acceptors (Lipinski definition) is 3. The van der Waals surface area contributed by atoms with Crippen LogP contribution in [0.25, 0.3) is 0 Å². The minimum absolute atomic E-state index is 0.112. The Bertz CT molecular complexity index is 562. The number of benzene rings is 1. The van der Waals surface area contributed by atoms with Gasteiger partial charge in [0, 0.05) is 11.7 Å². The maximum Gasteiger partial charge on any atom is 0.308 e. The lowest BCUT2D eigenvalue weighted by Gasteiger charge is -2.22. The third-order valence-corrected chi connectivity index (χ3v) is 4.02. The second kappa shape index (κ2) is 6.22. The van der Waals surface area contributed by atoms with Crippen molar-refractivity contribution in [3.63, 3.8) is 0 Å². The van der Waals surface area contributed by atoms with Gasteiger partial charge in [-0.3, -0.25) is 14.5 Å². The van der Waals surface area contributed by atoms with Crippen LogP contribution in [0, 0.1) is 18.7 Å². The maximum absolute atomic E-state index is 13.2. The summed E-state index contributed by atoms with van der Waals surface area (Å²) in [5.74, 6) is -1.93. The molecule has 1 aromatic rings. The van der Waals surface area contributed by atoms with Crippen molar-refractivity contribution in [3.05, 3.63) is 29.6 Å². The van der Waals surface area contributed by atoms with Crippen LogP contribution in [-0.2, 0) is 9.59 Å². The van der Waals surface area contributed by atoms with Crippen LogP contribution in [0.4, 0.5) is 10.1 Å². The summed E-state index contributed by atoms with van der Waals surface area (Å²) < 4.78 is 13.2. The van der Waals surface area contributed by atoms with E-state index in [1.54, 1.807) is 13.0 Å². The molecular weight excluding hydrogens is 275 g/mol.